The number of piperidine rings is 1. The zero-order valence-corrected chi connectivity index (χ0v) is 18.3. The SMILES string of the molecule is O=C(Nc1ccc(F)c(F)c1)Nc1ccc(N2CCCCC2)c(C(=O)NCC2CCCO2)c1. The van der Waals surface area contributed by atoms with Crippen LogP contribution in [0.5, 0.6) is 0 Å². The van der Waals surface area contributed by atoms with Gasteiger partial charge in [0, 0.05) is 49.4 Å². The highest BCUT2D eigenvalue weighted by Crippen LogP contribution is 2.27. The van der Waals surface area contributed by atoms with Crippen LogP contribution in [0.1, 0.15) is 42.5 Å². The molecule has 2 aromatic carbocycles. The molecule has 0 radical (unpaired) electrons. The number of ether oxygens (including phenoxy) is 1. The van der Waals surface area contributed by atoms with Crippen molar-refractivity contribution in [1.82, 2.24) is 5.32 Å². The van der Waals surface area contributed by atoms with Gasteiger partial charge in [0.05, 0.1) is 11.7 Å². The van der Waals surface area contributed by atoms with Gasteiger partial charge in [0.25, 0.3) is 5.91 Å². The van der Waals surface area contributed by atoms with E-state index in [1.165, 1.54) is 12.5 Å². The zero-order valence-electron chi connectivity index (χ0n) is 18.3. The Hall–Kier alpha value is -3.20. The fourth-order valence-electron chi connectivity index (χ4n) is 4.18. The van der Waals surface area contributed by atoms with Crippen molar-refractivity contribution in [3.63, 3.8) is 0 Å². The molecule has 2 heterocycles. The molecular weight excluding hydrogens is 430 g/mol. The van der Waals surface area contributed by atoms with Crippen LogP contribution in [0.4, 0.5) is 30.6 Å². The van der Waals surface area contributed by atoms with Crippen molar-refractivity contribution >= 4 is 29.0 Å². The number of hydrogen-bond donors (Lipinski definition) is 3. The van der Waals surface area contributed by atoms with E-state index in [4.69, 9.17) is 4.74 Å². The molecule has 176 valence electrons. The van der Waals surface area contributed by atoms with Crippen LogP contribution in [0.15, 0.2) is 36.4 Å². The van der Waals surface area contributed by atoms with E-state index in [2.05, 4.69) is 20.9 Å². The van der Waals surface area contributed by atoms with Crippen LogP contribution in [-0.4, -0.2) is 44.3 Å². The maximum absolute atomic E-state index is 13.4. The maximum atomic E-state index is 13.4. The Morgan fingerprint density at radius 3 is 2.36 bits per heavy atom. The topological polar surface area (TPSA) is 82.7 Å². The van der Waals surface area contributed by atoms with Crippen molar-refractivity contribution in [2.24, 2.45) is 0 Å². The molecule has 0 aromatic heterocycles. The van der Waals surface area contributed by atoms with Crippen molar-refractivity contribution in [2.75, 3.05) is 41.8 Å². The number of rotatable bonds is 6. The summed E-state index contributed by atoms with van der Waals surface area (Å²) in [6.07, 6.45) is 5.23. The van der Waals surface area contributed by atoms with Crippen molar-refractivity contribution < 1.29 is 23.1 Å². The molecule has 2 aliphatic rings. The second-order valence-corrected chi connectivity index (χ2v) is 8.33. The lowest BCUT2D eigenvalue weighted by Crippen LogP contribution is -2.35. The van der Waals surface area contributed by atoms with Gasteiger partial charge in [-0.3, -0.25) is 4.79 Å². The van der Waals surface area contributed by atoms with E-state index >= 15 is 0 Å². The fraction of sp³-hybridized carbons (Fsp3) is 0.417. The van der Waals surface area contributed by atoms with E-state index in [-0.39, 0.29) is 17.7 Å². The summed E-state index contributed by atoms with van der Waals surface area (Å²) in [4.78, 5) is 27.6. The van der Waals surface area contributed by atoms with Crippen LogP contribution in [-0.2, 0) is 4.74 Å². The average Bonchev–Trinajstić information content (AvgIpc) is 3.34. The molecule has 4 rings (SSSR count). The third-order valence-electron chi connectivity index (χ3n) is 5.89. The molecule has 1 atom stereocenters. The first-order chi connectivity index (χ1) is 16.0. The van der Waals surface area contributed by atoms with Crippen molar-refractivity contribution in [3.05, 3.63) is 53.6 Å². The third kappa shape index (κ3) is 5.98. The Kier molecular flexibility index (Phi) is 7.39. The summed E-state index contributed by atoms with van der Waals surface area (Å²) in [5, 5.41) is 8.08. The summed E-state index contributed by atoms with van der Waals surface area (Å²) < 4.78 is 32.1. The molecule has 33 heavy (non-hydrogen) atoms. The number of carbonyl (C=O) groups excluding carboxylic acids is 2. The largest absolute Gasteiger partial charge is 0.376 e. The Bertz CT molecular complexity index is 1010. The van der Waals surface area contributed by atoms with E-state index in [1.807, 2.05) is 6.07 Å². The van der Waals surface area contributed by atoms with E-state index in [9.17, 15) is 18.4 Å². The number of amides is 3. The van der Waals surface area contributed by atoms with Crippen LogP contribution in [0, 0.1) is 11.6 Å². The summed E-state index contributed by atoms with van der Waals surface area (Å²) in [6.45, 7) is 2.89. The van der Waals surface area contributed by atoms with Crippen LogP contribution in [0.2, 0.25) is 0 Å². The number of carbonyl (C=O) groups is 2. The first-order valence-corrected chi connectivity index (χ1v) is 11.3. The minimum atomic E-state index is -1.05. The molecule has 9 heteroatoms. The van der Waals surface area contributed by atoms with Gasteiger partial charge < -0.3 is 25.6 Å². The molecule has 2 fully saturated rings. The highest BCUT2D eigenvalue weighted by molar-refractivity contribution is 6.04. The van der Waals surface area contributed by atoms with E-state index in [0.717, 1.165) is 56.6 Å². The smallest absolute Gasteiger partial charge is 0.323 e. The first-order valence-electron chi connectivity index (χ1n) is 11.3. The number of urea groups is 1. The molecule has 0 bridgehead atoms. The highest BCUT2D eigenvalue weighted by atomic mass is 19.2. The molecule has 0 saturated carbocycles. The molecule has 0 aliphatic carbocycles. The van der Waals surface area contributed by atoms with Crippen molar-refractivity contribution in [2.45, 2.75) is 38.2 Å². The minimum absolute atomic E-state index is 0.0237. The number of hydrogen-bond acceptors (Lipinski definition) is 4. The molecule has 1 unspecified atom stereocenters. The Balaban J connectivity index is 1.48. The summed E-state index contributed by atoms with van der Waals surface area (Å²) in [7, 11) is 0. The van der Waals surface area contributed by atoms with Gasteiger partial charge in [-0.2, -0.15) is 0 Å². The zero-order chi connectivity index (χ0) is 23.2. The second-order valence-electron chi connectivity index (χ2n) is 8.33. The van der Waals surface area contributed by atoms with Gasteiger partial charge >= 0.3 is 6.03 Å². The minimum Gasteiger partial charge on any atom is -0.376 e. The highest BCUT2D eigenvalue weighted by Gasteiger charge is 2.22. The van der Waals surface area contributed by atoms with E-state index < -0.39 is 17.7 Å². The Labute approximate surface area is 191 Å². The molecule has 7 nitrogen and oxygen atoms in total. The summed E-state index contributed by atoms with van der Waals surface area (Å²) in [5.41, 5.74) is 1.83. The average molecular weight is 459 g/mol. The number of anilines is 3. The van der Waals surface area contributed by atoms with E-state index in [1.54, 1.807) is 12.1 Å². The quantitative estimate of drug-likeness (QED) is 0.595. The summed E-state index contributed by atoms with van der Waals surface area (Å²) in [5.74, 6) is -2.27. The summed E-state index contributed by atoms with van der Waals surface area (Å²) in [6, 6.07) is 7.68. The number of halogens is 2. The molecule has 0 spiro atoms. The van der Waals surface area contributed by atoms with Gasteiger partial charge in [-0.15, -0.1) is 0 Å². The molecule has 3 N–H and O–H groups in total. The van der Waals surface area contributed by atoms with Gasteiger partial charge in [-0.05, 0) is 62.4 Å². The standard InChI is InChI=1S/C24H28F2N4O3/c25-20-8-6-17(14-21(20)26)29-24(32)28-16-7-9-22(30-10-2-1-3-11-30)19(13-16)23(31)27-15-18-5-4-12-33-18/h6-9,13-14,18H,1-5,10-12,15H2,(H,27,31)(H2,28,29,32). The van der Waals surface area contributed by atoms with Crippen LogP contribution in [0.3, 0.4) is 0 Å². The predicted octanol–water partition coefficient (Wildman–Crippen LogP) is 4.51. The monoisotopic (exact) mass is 458 g/mol. The third-order valence-corrected chi connectivity index (χ3v) is 5.89. The van der Waals surface area contributed by atoms with E-state index in [0.29, 0.717) is 24.4 Å². The molecular formula is C24H28F2N4O3. The van der Waals surface area contributed by atoms with Crippen LogP contribution < -0.4 is 20.9 Å². The molecule has 2 aliphatic heterocycles. The first kappa shape index (κ1) is 23.0. The van der Waals surface area contributed by atoms with Crippen LogP contribution in [0.25, 0.3) is 0 Å². The maximum Gasteiger partial charge on any atom is 0.323 e. The summed E-state index contributed by atoms with van der Waals surface area (Å²) >= 11 is 0. The van der Waals surface area contributed by atoms with Gasteiger partial charge in [0.2, 0.25) is 0 Å². The normalized spacial score (nSPS) is 18.1. The Morgan fingerprint density at radius 1 is 0.939 bits per heavy atom. The number of nitrogens with one attached hydrogen (secondary N) is 3. The lowest BCUT2D eigenvalue weighted by Gasteiger charge is -2.30. The van der Waals surface area contributed by atoms with Gasteiger partial charge in [-0.25, -0.2) is 13.6 Å². The predicted molar refractivity (Wildman–Crippen MR) is 123 cm³/mol. The Morgan fingerprint density at radius 2 is 1.67 bits per heavy atom. The van der Waals surface area contributed by atoms with Gasteiger partial charge in [-0.1, -0.05) is 0 Å². The van der Waals surface area contributed by atoms with Crippen molar-refractivity contribution in [1.29, 1.82) is 0 Å². The fourth-order valence-corrected chi connectivity index (χ4v) is 4.18. The van der Waals surface area contributed by atoms with Crippen molar-refractivity contribution in [3.8, 4) is 0 Å². The number of nitrogens with zero attached hydrogens (tertiary/aromatic N) is 1. The second kappa shape index (κ2) is 10.6. The molecule has 3 amide bonds. The molecule has 2 aromatic rings. The lowest BCUT2D eigenvalue weighted by molar-refractivity contribution is 0.0858. The van der Waals surface area contributed by atoms with Crippen LogP contribution >= 0.6 is 0 Å². The molecule has 2 saturated heterocycles. The number of benzene rings is 2. The van der Waals surface area contributed by atoms with Gasteiger partial charge in [0.1, 0.15) is 0 Å². The van der Waals surface area contributed by atoms with Gasteiger partial charge in [0.15, 0.2) is 11.6 Å². The lowest BCUT2D eigenvalue weighted by atomic mass is 10.1.